The van der Waals surface area contributed by atoms with Gasteiger partial charge in [-0.15, -0.1) is 0 Å². The fraction of sp³-hybridized carbons (Fsp3) is 0.737. The van der Waals surface area contributed by atoms with Crippen molar-refractivity contribution in [2.24, 2.45) is 11.7 Å². The van der Waals surface area contributed by atoms with Gasteiger partial charge in [0.05, 0.1) is 12.5 Å². The number of amides is 3. The topological polar surface area (TPSA) is 170 Å². The molecule has 0 bridgehead atoms. The predicted molar refractivity (Wildman–Crippen MR) is 104 cm³/mol. The second kappa shape index (κ2) is 9.88. The first-order valence-electron chi connectivity index (χ1n) is 10.2. The molecule has 11 heteroatoms. The number of likely N-dealkylation sites (tertiary alicyclic amines) is 2. The highest BCUT2D eigenvalue weighted by Crippen LogP contribution is 2.26. The Morgan fingerprint density at radius 2 is 1.57 bits per heavy atom. The number of nitrogens with one attached hydrogen (secondary N) is 1. The summed E-state index contributed by atoms with van der Waals surface area (Å²) in [6.07, 6.45) is 1.42. The summed E-state index contributed by atoms with van der Waals surface area (Å²) in [4.78, 5) is 63.4. The predicted octanol–water partition coefficient (Wildman–Crippen LogP) is -1.00. The van der Waals surface area contributed by atoms with Crippen LogP contribution in [0.25, 0.3) is 0 Å². The van der Waals surface area contributed by atoms with E-state index in [-0.39, 0.29) is 11.8 Å². The van der Waals surface area contributed by atoms with Gasteiger partial charge in [0.15, 0.2) is 0 Å². The van der Waals surface area contributed by atoms with Gasteiger partial charge in [-0.3, -0.25) is 19.2 Å². The molecule has 0 aromatic carbocycles. The Balaban J connectivity index is 2.13. The lowest BCUT2D eigenvalue weighted by atomic mass is 10.0. The zero-order valence-electron chi connectivity index (χ0n) is 17.2. The maximum atomic E-state index is 13.2. The standard InChI is InChI=1S/C19H30N4O7/c1-10(2)15(21-16(26)11(20)9-14(24)25)18(28)22-7-3-5-12(22)17(27)23-8-4-6-13(23)19(29)30/h10-13,15H,3-9,20H2,1-2H3,(H,21,26)(H,24,25)(H,29,30). The molecule has 0 radical (unpaired) electrons. The van der Waals surface area contributed by atoms with E-state index >= 15 is 0 Å². The number of hydrogen-bond donors (Lipinski definition) is 4. The first kappa shape index (κ1) is 23.6. The van der Waals surface area contributed by atoms with Crippen LogP contribution in [-0.4, -0.2) is 86.9 Å². The second-order valence-corrected chi connectivity index (χ2v) is 8.15. The van der Waals surface area contributed by atoms with E-state index in [2.05, 4.69) is 5.32 Å². The fourth-order valence-electron chi connectivity index (χ4n) is 4.00. The minimum absolute atomic E-state index is 0.321. The van der Waals surface area contributed by atoms with Gasteiger partial charge in [0.2, 0.25) is 17.7 Å². The minimum atomic E-state index is -1.30. The van der Waals surface area contributed by atoms with E-state index in [1.54, 1.807) is 13.8 Å². The van der Waals surface area contributed by atoms with Gasteiger partial charge in [-0.2, -0.15) is 0 Å². The van der Waals surface area contributed by atoms with Gasteiger partial charge in [-0.25, -0.2) is 4.79 Å². The van der Waals surface area contributed by atoms with Crippen molar-refractivity contribution in [3.63, 3.8) is 0 Å². The van der Waals surface area contributed by atoms with Gasteiger partial charge >= 0.3 is 11.9 Å². The van der Waals surface area contributed by atoms with E-state index in [4.69, 9.17) is 10.8 Å². The first-order chi connectivity index (χ1) is 14.0. The van der Waals surface area contributed by atoms with E-state index in [0.29, 0.717) is 38.8 Å². The van der Waals surface area contributed by atoms with Crippen molar-refractivity contribution in [2.45, 2.75) is 70.1 Å². The fourth-order valence-corrected chi connectivity index (χ4v) is 4.00. The molecule has 0 spiro atoms. The molecule has 0 aliphatic carbocycles. The Morgan fingerprint density at radius 3 is 2.10 bits per heavy atom. The van der Waals surface area contributed by atoms with Crippen molar-refractivity contribution in [3.05, 3.63) is 0 Å². The number of aliphatic carboxylic acids is 2. The van der Waals surface area contributed by atoms with Gasteiger partial charge in [-0.05, 0) is 31.6 Å². The molecular weight excluding hydrogens is 396 g/mol. The third-order valence-electron chi connectivity index (χ3n) is 5.60. The zero-order valence-corrected chi connectivity index (χ0v) is 17.2. The molecule has 2 aliphatic heterocycles. The van der Waals surface area contributed by atoms with E-state index in [1.807, 2.05) is 0 Å². The van der Waals surface area contributed by atoms with Crippen molar-refractivity contribution < 1.29 is 34.2 Å². The van der Waals surface area contributed by atoms with Crippen LogP contribution in [0.3, 0.4) is 0 Å². The highest BCUT2D eigenvalue weighted by atomic mass is 16.4. The largest absolute Gasteiger partial charge is 0.481 e. The zero-order chi connectivity index (χ0) is 22.6. The summed E-state index contributed by atoms with van der Waals surface area (Å²) in [7, 11) is 0. The van der Waals surface area contributed by atoms with Gasteiger partial charge in [0.1, 0.15) is 18.1 Å². The maximum Gasteiger partial charge on any atom is 0.326 e. The van der Waals surface area contributed by atoms with E-state index in [9.17, 15) is 29.1 Å². The number of nitrogens with two attached hydrogens (primary N) is 1. The highest BCUT2D eigenvalue weighted by Gasteiger charge is 2.44. The van der Waals surface area contributed by atoms with Crippen molar-refractivity contribution in [1.82, 2.24) is 15.1 Å². The molecule has 0 aromatic rings. The van der Waals surface area contributed by atoms with E-state index < -0.39 is 54.3 Å². The Bertz CT molecular complexity index is 711. The molecule has 2 aliphatic rings. The Kier molecular flexibility index (Phi) is 7.77. The normalized spacial score (nSPS) is 23.3. The lowest BCUT2D eigenvalue weighted by Gasteiger charge is -2.33. The van der Waals surface area contributed by atoms with Gasteiger partial charge < -0.3 is 31.1 Å². The van der Waals surface area contributed by atoms with Crippen molar-refractivity contribution in [2.75, 3.05) is 13.1 Å². The molecule has 4 atom stereocenters. The lowest BCUT2D eigenvalue weighted by molar-refractivity contribution is -0.152. The average molecular weight is 426 g/mol. The number of nitrogens with zero attached hydrogens (tertiary/aromatic N) is 2. The molecule has 0 saturated carbocycles. The van der Waals surface area contributed by atoms with Crippen LogP contribution < -0.4 is 11.1 Å². The first-order valence-corrected chi connectivity index (χ1v) is 10.2. The van der Waals surface area contributed by atoms with Crippen molar-refractivity contribution in [3.8, 4) is 0 Å². The van der Waals surface area contributed by atoms with Crippen LogP contribution in [0, 0.1) is 5.92 Å². The summed E-state index contributed by atoms with van der Waals surface area (Å²) in [6, 6.07) is -3.93. The van der Waals surface area contributed by atoms with Crippen LogP contribution in [0.1, 0.15) is 46.0 Å². The molecule has 2 saturated heterocycles. The molecule has 30 heavy (non-hydrogen) atoms. The Hall–Kier alpha value is -2.69. The summed E-state index contributed by atoms with van der Waals surface area (Å²) < 4.78 is 0. The van der Waals surface area contributed by atoms with Crippen LogP contribution in [0.4, 0.5) is 0 Å². The maximum absolute atomic E-state index is 13.2. The highest BCUT2D eigenvalue weighted by molar-refractivity contribution is 5.95. The van der Waals surface area contributed by atoms with Gasteiger partial charge in [-0.1, -0.05) is 13.8 Å². The van der Waals surface area contributed by atoms with Crippen LogP contribution in [-0.2, 0) is 24.0 Å². The summed E-state index contributed by atoms with van der Waals surface area (Å²) in [5.41, 5.74) is 5.59. The van der Waals surface area contributed by atoms with Crippen molar-refractivity contribution >= 4 is 29.7 Å². The molecule has 5 N–H and O–H groups in total. The van der Waals surface area contributed by atoms with Gasteiger partial charge in [0, 0.05) is 13.1 Å². The minimum Gasteiger partial charge on any atom is -0.481 e. The number of carbonyl (C=O) groups is 5. The molecule has 2 fully saturated rings. The number of carbonyl (C=O) groups excluding carboxylic acids is 3. The van der Waals surface area contributed by atoms with Gasteiger partial charge in [0.25, 0.3) is 0 Å². The molecule has 2 heterocycles. The number of carboxylic acid groups (broad SMARTS) is 2. The SMILES string of the molecule is CC(C)C(NC(=O)C(N)CC(=O)O)C(=O)N1CCCC1C(=O)N1CCCC1C(=O)O. The van der Waals surface area contributed by atoms with E-state index in [1.165, 1.54) is 9.80 Å². The molecule has 0 aromatic heterocycles. The molecule has 168 valence electrons. The van der Waals surface area contributed by atoms with Crippen LogP contribution in [0.5, 0.6) is 0 Å². The molecular formula is C19H30N4O7. The van der Waals surface area contributed by atoms with Crippen molar-refractivity contribution in [1.29, 1.82) is 0 Å². The summed E-state index contributed by atoms with van der Waals surface area (Å²) >= 11 is 0. The third-order valence-corrected chi connectivity index (χ3v) is 5.60. The Labute approximate surface area is 174 Å². The molecule has 4 unspecified atom stereocenters. The molecule has 2 rings (SSSR count). The molecule has 11 nitrogen and oxygen atoms in total. The number of hydrogen-bond acceptors (Lipinski definition) is 6. The smallest absolute Gasteiger partial charge is 0.326 e. The average Bonchev–Trinajstić information content (AvgIpc) is 3.33. The summed E-state index contributed by atoms with van der Waals surface area (Å²) in [5, 5.41) is 20.7. The molecule has 3 amide bonds. The quantitative estimate of drug-likeness (QED) is 0.383. The monoisotopic (exact) mass is 426 g/mol. The van der Waals surface area contributed by atoms with Crippen LogP contribution in [0.15, 0.2) is 0 Å². The van der Waals surface area contributed by atoms with E-state index in [0.717, 1.165) is 0 Å². The lowest BCUT2D eigenvalue weighted by Crippen LogP contribution is -2.58. The second-order valence-electron chi connectivity index (χ2n) is 8.15. The van der Waals surface area contributed by atoms with Crippen LogP contribution in [0.2, 0.25) is 0 Å². The number of rotatable bonds is 8. The third kappa shape index (κ3) is 5.26. The summed E-state index contributed by atoms with van der Waals surface area (Å²) in [5.74, 6) is -4.21. The summed E-state index contributed by atoms with van der Waals surface area (Å²) in [6.45, 7) is 4.10. The Morgan fingerprint density at radius 1 is 1.00 bits per heavy atom. The van der Waals surface area contributed by atoms with Crippen LogP contribution >= 0.6 is 0 Å². The number of carboxylic acids is 2.